The van der Waals surface area contributed by atoms with Crippen LogP contribution in [0, 0.1) is 0 Å². The molecular weight excluding hydrogens is 358 g/mol. The van der Waals surface area contributed by atoms with Gasteiger partial charge in [-0.05, 0) is 61.8 Å². The molecule has 6 heteroatoms. The minimum absolute atomic E-state index is 0.152. The SMILES string of the molecule is CC(N)CCC1(c2ccc(Cl)cc2)CCN(c2ncnc3[nH]ccc23)CC1. The van der Waals surface area contributed by atoms with Crippen molar-refractivity contribution < 1.29 is 0 Å². The molecule has 1 saturated heterocycles. The number of aromatic amines is 1. The molecule has 0 bridgehead atoms. The lowest BCUT2D eigenvalue weighted by molar-refractivity contribution is 0.294. The van der Waals surface area contributed by atoms with Gasteiger partial charge in [-0.3, -0.25) is 0 Å². The Morgan fingerprint density at radius 2 is 1.93 bits per heavy atom. The predicted molar refractivity (Wildman–Crippen MR) is 111 cm³/mol. The zero-order valence-electron chi connectivity index (χ0n) is 15.7. The quantitative estimate of drug-likeness (QED) is 0.689. The smallest absolute Gasteiger partial charge is 0.142 e. The van der Waals surface area contributed by atoms with Crippen LogP contribution in [0.2, 0.25) is 5.02 Å². The fraction of sp³-hybridized carbons (Fsp3) is 0.429. The third-order valence-corrected chi connectivity index (χ3v) is 6.14. The maximum Gasteiger partial charge on any atom is 0.142 e. The van der Waals surface area contributed by atoms with Crippen LogP contribution in [0.25, 0.3) is 11.0 Å². The number of fused-ring (bicyclic) bond motifs is 1. The molecule has 2 aromatic heterocycles. The topological polar surface area (TPSA) is 70.8 Å². The average molecular weight is 384 g/mol. The van der Waals surface area contributed by atoms with Crippen molar-refractivity contribution in [3.63, 3.8) is 0 Å². The van der Waals surface area contributed by atoms with E-state index in [1.165, 1.54) is 5.56 Å². The summed E-state index contributed by atoms with van der Waals surface area (Å²) >= 11 is 6.13. The van der Waals surface area contributed by atoms with Gasteiger partial charge in [-0.1, -0.05) is 23.7 Å². The number of rotatable bonds is 5. The van der Waals surface area contributed by atoms with Crippen molar-refractivity contribution in [2.24, 2.45) is 5.73 Å². The highest BCUT2D eigenvalue weighted by molar-refractivity contribution is 6.30. The molecule has 1 aliphatic heterocycles. The van der Waals surface area contributed by atoms with Crippen molar-refractivity contribution in [3.8, 4) is 0 Å². The number of nitrogens with one attached hydrogen (secondary N) is 1. The molecule has 0 amide bonds. The van der Waals surface area contributed by atoms with E-state index in [2.05, 4.69) is 45.0 Å². The number of hydrogen-bond acceptors (Lipinski definition) is 4. The Bertz CT molecular complexity index is 894. The minimum Gasteiger partial charge on any atom is -0.356 e. The van der Waals surface area contributed by atoms with Gasteiger partial charge in [-0.2, -0.15) is 0 Å². The molecule has 0 spiro atoms. The summed E-state index contributed by atoms with van der Waals surface area (Å²) in [4.78, 5) is 14.4. The summed E-state index contributed by atoms with van der Waals surface area (Å²) in [5.41, 5.74) is 8.51. The largest absolute Gasteiger partial charge is 0.356 e. The summed E-state index contributed by atoms with van der Waals surface area (Å²) in [6.45, 7) is 4.03. The standard InChI is InChI=1S/C21H26ClN5/c1-15(23)6-8-21(16-2-4-17(22)5-3-16)9-12-27(13-10-21)20-18-7-11-24-19(18)25-14-26-20/h2-5,7,11,14-15H,6,8-10,12-13,23H2,1H3,(H,24,25,26). The van der Waals surface area contributed by atoms with E-state index in [1.807, 2.05) is 18.3 Å². The third kappa shape index (κ3) is 3.66. The van der Waals surface area contributed by atoms with Crippen molar-refractivity contribution in [2.45, 2.75) is 44.1 Å². The highest BCUT2D eigenvalue weighted by Gasteiger charge is 2.36. The van der Waals surface area contributed by atoms with Crippen LogP contribution in [-0.4, -0.2) is 34.1 Å². The van der Waals surface area contributed by atoms with Gasteiger partial charge in [0.15, 0.2) is 0 Å². The maximum absolute atomic E-state index is 6.13. The number of halogens is 1. The summed E-state index contributed by atoms with van der Waals surface area (Å²) in [5.74, 6) is 1.03. The van der Waals surface area contributed by atoms with E-state index >= 15 is 0 Å². The number of hydrogen-bond donors (Lipinski definition) is 2. The molecule has 0 saturated carbocycles. The number of aromatic nitrogens is 3. The zero-order chi connectivity index (χ0) is 18.9. The third-order valence-electron chi connectivity index (χ3n) is 5.89. The van der Waals surface area contributed by atoms with Gasteiger partial charge in [-0.15, -0.1) is 0 Å². The molecule has 1 atom stereocenters. The van der Waals surface area contributed by atoms with Gasteiger partial charge in [0.1, 0.15) is 17.8 Å². The molecular formula is C21H26ClN5. The highest BCUT2D eigenvalue weighted by Crippen LogP contribution is 2.41. The van der Waals surface area contributed by atoms with Gasteiger partial charge in [0.25, 0.3) is 0 Å². The van der Waals surface area contributed by atoms with E-state index in [0.717, 1.165) is 60.6 Å². The normalized spacial score (nSPS) is 18.0. The molecule has 5 nitrogen and oxygen atoms in total. The van der Waals surface area contributed by atoms with Crippen LogP contribution in [0.15, 0.2) is 42.9 Å². The zero-order valence-corrected chi connectivity index (χ0v) is 16.4. The van der Waals surface area contributed by atoms with Crippen molar-refractivity contribution >= 4 is 28.5 Å². The first-order chi connectivity index (χ1) is 13.1. The van der Waals surface area contributed by atoms with Gasteiger partial charge in [0, 0.05) is 30.4 Å². The Morgan fingerprint density at radius 3 is 2.63 bits per heavy atom. The van der Waals surface area contributed by atoms with E-state index in [9.17, 15) is 0 Å². The number of benzene rings is 1. The Morgan fingerprint density at radius 1 is 1.19 bits per heavy atom. The lowest BCUT2D eigenvalue weighted by Gasteiger charge is -2.43. The molecule has 3 aromatic rings. The molecule has 142 valence electrons. The first-order valence-electron chi connectivity index (χ1n) is 9.62. The number of anilines is 1. The van der Waals surface area contributed by atoms with Crippen molar-refractivity contribution in [1.82, 2.24) is 15.0 Å². The summed E-state index contributed by atoms with van der Waals surface area (Å²) < 4.78 is 0. The van der Waals surface area contributed by atoms with Crippen LogP contribution in [0.3, 0.4) is 0 Å². The van der Waals surface area contributed by atoms with E-state index < -0.39 is 0 Å². The van der Waals surface area contributed by atoms with Crippen molar-refractivity contribution in [2.75, 3.05) is 18.0 Å². The first kappa shape index (κ1) is 18.3. The first-order valence-corrected chi connectivity index (χ1v) is 10.00. The van der Waals surface area contributed by atoms with Crippen LogP contribution in [-0.2, 0) is 5.41 Å². The highest BCUT2D eigenvalue weighted by atomic mass is 35.5. The van der Waals surface area contributed by atoms with Gasteiger partial charge in [0.05, 0.1) is 5.39 Å². The fourth-order valence-corrected chi connectivity index (χ4v) is 4.37. The van der Waals surface area contributed by atoms with Crippen molar-refractivity contribution in [3.05, 3.63) is 53.4 Å². The second kappa shape index (κ2) is 7.49. The summed E-state index contributed by atoms with van der Waals surface area (Å²) in [6, 6.07) is 10.7. The lowest BCUT2D eigenvalue weighted by atomic mass is 9.69. The number of nitrogens with zero attached hydrogens (tertiary/aromatic N) is 3. The number of H-pyrrole nitrogens is 1. The Balaban J connectivity index is 1.59. The van der Waals surface area contributed by atoms with Gasteiger partial charge in [0.2, 0.25) is 0 Å². The molecule has 1 aromatic carbocycles. The van der Waals surface area contributed by atoms with Gasteiger partial charge >= 0.3 is 0 Å². The maximum atomic E-state index is 6.13. The van der Waals surface area contributed by atoms with Crippen LogP contribution in [0.5, 0.6) is 0 Å². The molecule has 1 fully saturated rings. The number of nitrogens with two attached hydrogens (primary N) is 1. The molecule has 0 aliphatic carbocycles. The van der Waals surface area contributed by atoms with Crippen LogP contribution < -0.4 is 10.6 Å². The summed E-state index contributed by atoms with van der Waals surface area (Å²) in [5, 5.41) is 1.88. The Hall–Kier alpha value is -2.11. The van der Waals surface area contributed by atoms with Crippen LogP contribution >= 0.6 is 11.6 Å². The number of piperidine rings is 1. The second-order valence-electron chi connectivity index (χ2n) is 7.73. The molecule has 4 rings (SSSR count). The average Bonchev–Trinajstić information content (AvgIpc) is 3.16. The Kier molecular flexibility index (Phi) is 5.06. The summed E-state index contributed by atoms with van der Waals surface area (Å²) in [7, 11) is 0. The summed E-state index contributed by atoms with van der Waals surface area (Å²) in [6.07, 6.45) is 7.86. The van der Waals surface area contributed by atoms with E-state index in [4.69, 9.17) is 17.3 Å². The van der Waals surface area contributed by atoms with Crippen LogP contribution in [0.1, 0.15) is 38.2 Å². The molecule has 0 radical (unpaired) electrons. The fourth-order valence-electron chi connectivity index (χ4n) is 4.25. The van der Waals surface area contributed by atoms with Gasteiger partial charge in [-0.25, -0.2) is 9.97 Å². The monoisotopic (exact) mass is 383 g/mol. The second-order valence-corrected chi connectivity index (χ2v) is 8.16. The molecule has 1 aliphatic rings. The van der Waals surface area contributed by atoms with E-state index in [0.29, 0.717) is 0 Å². The Labute approximate surface area is 165 Å². The molecule has 3 heterocycles. The molecule has 3 N–H and O–H groups in total. The van der Waals surface area contributed by atoms with Gasteiger partial charge < -0.3 is 15.6 Å². The minimum atomic E-state index is 0.152. The van der Waals surface area contributed by atoms with Crippen molar-refractivity contribution in [1.29, 1.82) is 0 Å². The predicted octanol–water partition coefficient (Wildman–Crippen LogP) is 4.28. The van der Waals surface area contributed by atoms with Crippen LogP contribution in [0.4, 0.5) is 5.82 Å². The lowest BCUT2D eigenvalue weighted by Crippen LogP contribution is -2.43. The van der Waals surface area contributed by atoms with E-state index in [1.54, 1.807) is 6.33 Å². The molecule has 1 unspecified atom stereocenters. The molecule has 27 heavy (non-hydrogen) atoms. The van der Waals surface area contributed by atoms with E-state index in [-0.39, 0.29) is 11.5 Å².